The monoisotopic (exact) mass is 374 g/mol. The highest BCUT2D eigenvalue weighted by molar-refractivity contribution is 5.93. The van der Waals surface area contributed by atoms with Gasteiger partial charge >= 0.3 is 0 Å². The van der Waals surface area contributed by atoms with Gasteiger partial charge in [0.25, 0.3) is 0 Å². The van der Waals surface area contributed by atoms with Crippen LogP contribution < -0.4 is 4.74 Å². The van der Waals surface area contributed by atoms with Gasteiger partial charge in [-0.3, -0.25) is 0 Å². The Kier molecular flexibility index (Phi) is 3.21. The highest BCUT2D eigenvalue weighted by Crippen LogP contribution is 2.61. The summed E-state index contributed by atoms with van der Waals surface area (Å²) < 4.78 is 6.37. The van der Waals surface area contributed by atoms with Crippen LogP contribution in [0.25, 0.3) is 5.57 Å². The number of allylic oxidation sites excluding steroid dienone is 6. The first-order valence-corrected chi connectivity index (χ1v) is 10.2. The van der Waals surface area contributed by atoms with Gasteiger partial charge in [0.2, 0.25) is 0 Å². The van der Waals surface area contributed by atoms with Crippen molar-refractivity contribution in [2.75, 3.05) is 0 Å². The Morgan fingerprint density at radius 3 is 1.86 bits per heavy atom. The van der Waals surface area contributed by atoms with Crippen LogP contribution in [0.3, 0.4) is 0 Å². The molecule has 0 radical (unpaired) electrons. The Morgan fingerprint density at radius 2 is 1.17 bits per heavy atom. The summed E-state index contributed by atoms with van der Waals surface area (Å²) in [6, 6.07) is 25.9. The van der Waals surface area contributed by atoms with E-state index in [-0.39, 0.29) is 10.8 Å². The highest BCUT2D eigenvalue weighted by Gasteiger charge is 2.51. The first-order chi connectivity index (χ1) is 14.1. The number of para-hydroxylation sites is 2. The summed E-state index contributed by atoms with van der Waals surface area (Å²) in [5.74, 6) is 1.88. The first-order valence-electron chi connectivity index (χ1n) is 10.2. The summed E-state index contributed by atoms with van der Waals surface area (Å²) in [7, 11) is 0. The van der Waals surface area contributed by atoms with Crippen LogP contribution in [-0.2, 0) is 5.41 Å². The molecule has 0 saturated carbocycles. The van der Waals surface area contributed by atoms with E-state index in [4.69, 9.17) is 4.74 Å². The van der Waals surface area contributed by atoms with Crippen molar-refractivity contribution < 1.29 is 4.74 Å². The molecule has 1 nitrogen and oxygen atoms in total. The molecule has 1 spiro atoms. The molecule has 140 valence electrons. The average molecular weight is 374 g/mol. The second-order valence-electron chi connectivity index (χ2n) is 8.71. The quantitative estimate of drug-likeness (QED) is 0.410. The molecule has 1 heteroatoms. The summed E-state index contributed by atoms with van der Waals surface area (Å²) in [5, 5.41) is 0. The predicted octanol–water partition coefficient (Wildman–Crippen LogP) is 7.05. The molecule has 0 aromatic heterocycles. The minimum Gasteiger partial charge on any atom is -0.457 e. The van der Waals surface area contributed by atoms with E-state index >= 15 is 0 Å². The number of benzene rings is 3. The lowest BCUT2D eigenvalue weighted by Crippen LogP contribution is -2.32. The van der Waals surface area contributed by atoms with Crippen LogP contribution in [0.1, 0.15) is 36.1 Å². The van der Waals surface area contributed by atoms with Gasteiger partial charge in [0, 0.05) is 16.5 Å². The Morgan fingerprint density at radius 1 is 0.621 bits per heavy atom. The van der Waals surface area contributed by atoms with Crippen molar-refractivity contribution in [1.82, 2.24) is 0 Å². The Bertz CT molecular complexity index is 1210. The van der Waals surface area contributed by atoms with Gasteiger partial charge in [0.05, 0.1) is 5.41 Å². The molecule has 0 atom stereocenters. The van der Waals surface area contributed by atoms with Crippen molar-refractivity contribution in [3.05, 3.63) is 125 Å². The molecule has 0 N–H and O–H groups in total. The fourth-order valence-electron chi connectivity index (χ4n) is 5.16. The molecule has 0 saturated heterocycles. The van der Waals surface area contributed by atoms with Gasteiger partial charge in [-0.15, -0.1) is 0 Å². The van der Waals surface area contributed by atoms with E-state index in [9.17, 15) is 0 Å². The lowest BCUT2D eigenvalue weighted by molar-refractivity contribution is 0.435. The van der Waals surface area contributed by atoms with Crippen LogP contribution >= 0.6 is 0 Å². The molecule has 1 heterocycles. The van der Waals surface area contributed by atoms with Gasteiger partial charge in [0.1, 0.15) is 11.5 Å². The van der Waals surface area contributed by atoms with E-state index in [0.29, 0.717) is 0 Å². The molecule has 6 rings (SSSR count). The van der Waals surface area contributed by atoms with Crippen molar-refractivity contribution >= 4 is 5.57 Å². The van der Waals surface area contributed by atoms with Gasteiger partial charge in [-0.25, -0.2) is 0 Å². The number of ether oxygens (including phenoxy) is 1. The maximum absolute atomic E-state index is 6.37. The largest absolute Gasteiger partial charge is 0.457 e. The Balaban J connectivity index is 1.81. The molecule has 1 aliphatic heterocycles. The van der Waals surface area contributed by atoms with Gasteiger partial charge < -0.3 is 4.74 Å². The first kappa shape index (κ1) is 16.6. The van der Waals surface area contributed by atoms with Gasteiger partial charge in [-0.2, -0.15) is 0 Å². The molecule has 3 aliphatic rings. The normalized spacial score (nSPS) is 19.1. The lowest BCUT2D eigenvalue weighted by atomic mass is 9.65. The minimum absolute atomic E-state index is 0.0185. The number of hydrogen-bond donors (Lipinski definition) is 0. The van der Waals surface area contributed by atoms with Crippen LogP contribution in [0.15, 0.2) is 103 Å². The van der Waals surface area contributed by atoms with Crippen molar-refractivity contribution in [2.24, 2.45) is 5.41 Å². The third-order valence-corrected chi connectivity index (χ3v) is 6.48. The third-order valence-electron chi connectivity index (χ3n) is 6.48. The maximum Gasteiger partial charge on any atom is 0.132 e. The molecule has 0 unspecified atom stereocenters. The van der Waals surface area contributed by atoms with Crippen molar-refractivity contribution in [3.8, 4) is 11.5 Å². The van der Waals surface area contributed by atoms with Crippen LogP contribution in [0.5, 0.6) is 11.5 Å². The molecular weight excluding hydrogens is 352 g/mol. The fraction of sp³-hybridized carbons (Fsp3) is 0.143. The second kappa shape index (κ2) is 5.61. The zero-order chi connectivity index (χ0) is 19.6. The second-order valence-corrected chi connectivity index (χ2v) is 8.71. The van der Waals surface area contributed by atoms with E-state index in [1.165, 1.54) is 33.4 Å². The van der Waals surface area contributed by atoms with E-state index in [0.717, 1.165) is 11.5 Å². The number of rotatable bonds is 0. The topological polar surface area (TPSA) is 9.23 Å². The van der Waals surface area contributed by atoms with Gasteiger partial charge in [-0.05, 0) is 34.4 Å². The van der Waals surface area contributed by atoms with Crippen molar-refractivity contribution in [3.63, 3.8) is 0 Å². The molecule has 0 amide bonds. The Hall–Kier alpha value is -3.32. The summed E-state index contributed by atoms with van der Waals surface area (Å²) in [5.41, 5.74) is 7.39. The zero-order valence-electron chi connectivity index (χ0n) is 16.6. The average Bonchev–Trinajstić information content (AvgIpc) is 2.90. The maximum atomic E-state index is 6.37. The zero-order valence-corrected chi connectivity index (χ0v) is 16.6. The smallest absolute Gasteiger partial charge is 0.132 e. The van der Waals surface area contributed by atoms with Crippen molar-refractivity contribution in [2.45, 2.75) is 19.3 Å². The van der Waals surface area contributed by atoms with Gasteiger partial charge in [0.15, 0.2) is 0 Å². The molecule has 0 fully saturated rings. The highest BCUT2D eigenvalue weighted by atomic mass is 16.5. The van der Waals surface area contributed by atoms with E-state index in [2.05, 4.69) is 111 Å². The standard InChI is InChI=1S/C28H22O/c1-27(2)17-15-20-19-9-3-4-10-21(19)28(22(20)16-18-27)23-11-5-7-13-25(23)29-26-14-8-6-12-24(26)28/h3-18H,1-2H3. The fourth-order valence-corrected chi connectivity index (χ4v) is 5.16. The van der Waals surface area contributed by atoms with E-state index in [1.54, 1.807) is 0 Å². The number of fused-ring (bicyclic) bond motifs is 8. The summed E-state index contributed by atoms with van der Waals surface area (Å²) in [4.78, 5) is 0. The summed E-state index contributed by atoms with van der Waals surface area (Å²) in [6.45, 7) is 4.51. The third kappa shape index (κ3) is 2.10. The minimum atomic E-state index is -0.362. The van der Waals surface area contributed by atoms with Crippen LogP contribution in [-0.4, -0.2) is 0 Å². The predicted molar refractivity (Wildman–Crippen MR) is 118 cm³/mol. The summed E-state index contributed by atoms with van der Waals surface area (Å²) in [6.07, 6.45) is 9.33. The van der Waals surface area contributed by atoms with E-state index in [1.807, 2.05) is 0 Å². The molecule has 3 aromatic rings. The molecule has 0 bridgehead atoms. The lowest BCUT2D eigenvalue weighted by Gasteiger charge is -2.40. The van der Waals surface area contributed by atoms with Gasteiger partial charge in [-0.1, -0.05) is 98.8 Å². The molecule has 3 aromatic carbocycles. The molecular formula is C28H22O. The van der Waals surface area contributed by atoms with Crippen LogP contribution in [0.4, 0.5) is 0 Å². The summed E-state index contributed by atoms with van der Waals surface area (Å²) >= 11 is 0. The van der Waals surface area contributed by atoms with Crippen LogP contribution in [0.2, 0.25) is 0 Å². The molecule has 29 heavy (non-hydrogen) atoms. The van der Waals surface area contributed by atoms with Crippen LogP contribution in [0, 0.1) is 5.41 Å². The molecule has 2 aliphatic carbocycles. The SMILES string of the molecule is CC1(C)C=CC2=C(C=C1)C1(c3ccccc3Oc3ccccc31)c1ccccc12. The Labute approximate surface area is 171 Å². The number of hydrogen-bond acceptors (Lipinski definition) is 1. The van der Waals surface area contributed by atoms with E-state index < -0.39 is 0 Å². The van der Waals surface area contributed by atoms with Crippen molar-refractivity contribution in [1.29, 1.82) is 0 Å².